The molecule has 0 radical (unpaired) electrons. The molecule has 1 saturated carbocycles. The SMILES string of the molecule is N[C@@H](CC(=O)O)C(=O)N[C@@H](CC1CCCCC1)C(=O)N[C@@H](Cc1ccccc1)C(=O)N[C@H](CO)C(=O)O. The van der Waals surface area contributed by atoms with E-state index in [4.69, 9.17) is 10.8 Å². The first-order valence-electron chi connectivity index (χ1n) is 12.4. The maximum Gasteiger partial charge on any atom is 0.328 e. The summed E-state index contributed by atoms with van der Waals surface area (Å²) >= 11 is 0. The Kier molecular flexibility index (Phi) is 12.0. The summed E-state index contributed by atoms with van der Waals surface area (Å²) in [5.74, 6) is -4.83. The summed E-state index contributed by atoms with van der Waals surface area (Å²) in [6.07, 6.45) is 4.49. The molecule has 0 bridgehead atoms. The number of benzene rings is 1. The first-order valence-corrected chi connectivity index (χ1v) is 12.4. The fourth-order valence-corrected chi connectivity index (χ4v) is 4.34. The van der Waals surface area contributed by atoms with Crippen LogP contribution in [0.25, 0.3) is 0 Å². The number of aliphatic carboxylic acids is 2. The Labute approximate surface area is 215 Å². The van der Waals surface area contributed by atoms with Gasteiger partial charge in [-0.05, 0) is 17.9 Å². The van der Waals surface area contributed by atoms with Gasteiger partial charge in [0, 0.05) is 6.42 Å². The summed E-state index contributed by atoms with van der Waals surface area (Å²) in [5, 5.41) is 34.8. The third-order valence-electron chi connectivity index (χ3n) is 6.37. The quantitative estimate of drug-likeness (QED) is 0.169. The second-order valence-electron chi connectivity index (χ2n) is 9.34. The van der Waals surface area contributed by atoms with Crippen LogP contribution in [0.3, 0.4) is 0 Å². The molecular formula is C25H36N4O8. The maximum atomic E-state index is 13.4. The van der Waals surface area contributed by atoms with Crippen molar-refractivity contribution in [3.05, 3.63) is 35.9 Å². The number of carbonyl (C=O) groups is 5. The van der Waals surface area contributed by atoms with Gasteiger partial charge in [0.1, 0.15) is 18.1 Å². The zero-order valence-electron chi connectivity index (χ0n) is 20.6. The minimum Gasteiger partial charge on any atom is -0.481 e. The fraction of sp³-hybridized carbons (Fsp3) is 0.560. The van der Waals surface area contributed by atoms with E-state index in [1.807, 2.05) is 0 Å². The van der Waals surface area contributed by atoms with Crippen LogP contribution in [-0.2, 0) is 30.4 Å². The smallest absolute Gasteiger partial charge is 0.328 e. The van der Waals surface area contributed by atoms with E-state index < -0.39 is 66.9 Å². The maximum absolute atomic E-state index is 13.4. The molecule has 0 saturated heterocycles. The van der Waals surface area contributed by atoms with Gasteiger partial charge in [-0.3, -0.25) is 19.2 Å². The second-order valence-corrected chi connectivity index (χ2v) is 9.34. The number of aliphatic hydroxyl groups excluding tert-OH is 1. The number of carbonyl (C=O) groups excluding carboxylic acids is 3. The van der Waals surface area contributed by atoms with Crippen molar-refractivity contribution in [2.45, 2.75) is 75.5 Å². The highest BCUT2D eigenvalue weighted by Gasteiger charge is 2.32. The Morgan fingerprint density at radius 3 is 1.97 bits per heavy atom. The third kappa shape index (κ3) is 10.2. The van der Waals surface area contributed by atoms with Crippen LogP contribution in [0, 0.1) is 5.92 Å². The van der Waals surface area contributed by atoms with Crippen molar-refractivity contribution in [2.24, 2.45) is 11.7 Å². The minimum absolute atomic E-state index is 0.0266. The lowest BCUT2D eigenvalue weighted by Gasteiger charge is -2.29. The molecule has 1 aliphatic carbocycles. The molecule has 1 aromatic rings. The van der Waals surface area contributed by atoms with Crippen LogP contribution in [0.4, 0.5) is 0 Å². The van der Waals surface area contributed by atoms with Crippen LogP contribution >= 0.6 is 0 Å². The molecule has 8 N–H and O–H groups in total. The van der Waals surface area contributed by atoms with Gasteiger partial charge in [-0.1, -0.05) is 62.4 Å². The molecule has 37 heavy (non-hydrogen) atoms. The molecule has 1 fully saturated rings. The van der Waals surface area contributed by atoms with Gasteiger partial charge in [0.15, 0.2) is 0 Å². The normalized spacial score (nSPS) is 17.0. The van der Waals surface area contributed by atoms with Crippen molar-refractivity contribution in [1.29, 1.82) is 0 Å². The van der Waals surface area contributed by atoms with Gasteiger partial charge >= 0.3 is 11.9 Å². The molecule has 2 rings (SSSR count). The van der Waals surface area contributed by atoms with Gasteiger partial charge in [0.2, 0.25) is 17.7 Å². The van der Waals surface area contributed by atoms with E-state index in [-0.39, 0.29) is 18.8 Å². The van der Waals surface area contributed by atoms with Gasteiger partial charge in [-0.15, -0.1) is 0 Å². The summed E-state index contributed by atoms with van der Waals surface area (Å²) in [6, 6.07) is 3.54. The summed E-state index contributed by atoms with van der Waals surface area (Å²) < 4.78 is 0. The highest BCUT2D eigenvalue weighted by Crippen LogP contribution is 2.27. The predicted molar refractivity (Wildman–Crippen MR) is 132 cm³/mol. The number of carboxylic acid groups (broad SMARTS) is 2. The molecule has 1 aromatic carbocycles. The van der Waals surface area contributed by atoms with Gasteiger partial charge in [-0.25, -0.2) is 4.79 Å². The highest BCUT2D eigenvalue weighted by molar-refractivity contribution is 5.94. The monoisotopic (exact) mass is 520 g/mol. The van der Waals surface area contributed by atoms with E-state index in [0.717, 1.165) is 32.1 Å². The number of nitrogens with two attached hydrogens (primary N) is 1. The van der Waals surface area contributed by atoms with E-state index in [1.165, 1.54) is 0 Å². The zero-order chi connectivity index (χ0) is 27.4. The molecule has 4 atom stereocenters. The second kappa shape index (κ2) is 14.9. The number of hydrogen-bond acceptors (Lipinski definition) is 7. The lowest BCUT2D eigenvalue weighted by Crippen LogP contribution is -2.58. The Hall–Kier alpha value is -3.51. The van der Waals surface area contributed by atoms with E-state index in [2.05, 4.69) is 16.0 Å². The number of aliphatic hydroxyl groups is 1. The largest absolute Gasteiger partial charge is 0.481 e. The molecule has 1 aliphatic rings. The van der Waals surface area contributed by atoms with Gasteiger partial charge in [0.05, 0.1) is 19.1 Å². The fourth-order valence-electron chi connectivity index (χ4n) is 4.34. The Bertz CT molecular complexity index is 936. The molecule has 0 aromatic heterocycles. The van der Waals surface area contributed by atoms with Gasteiger partial charge in [0.25, 0.3) is 0 Å². The summed E-state index contributed by atoms with van der Waals surface area (Å²) in [6.45, 7) is -0.838. The van der Waals surface area contributed by atoms with Crippen molar-refractivity contribution >= 4 is 29.7 Å². The standard InChI is InChI=1S/C25H36N4O8/c26-17(13-21(31)32)22(33)27-18(11-15-7-3-1-4-8-15)23(34)28-19(12-16-9-5-2-6-10-16)24(35)29-20(14-30)25(36)37/h2,5-6,9-10,15,17-20,30H,1,3-4,7-8,11-14,26H2,(H,27,33)(H,28,34)(H,29,35)(H,31,32)(H,36,37)/t17-,18-,19-,20+/m0/s1. The summed E-state index contributed by atoms with van der Waals surface area (Å²) in [7, 11) is 0. The third-order valence-corrected chi connectivity index (χ3v) is 6.37. The molecule has 3 amide bonds. The summed E-state index contributed by atoms with van der Waals surface area (Å²) in [4.78, 5) is 61.1. The van der Waals surface area contributed by atoms with E-state index in [9.17, 15) is 34.2 Å². The Balaban J connectivity index is 2.23. The first-order chi connectivity index (χ1) is 17.6. The molecular weight excluding hydrogens is 484 g/mol. The van der Waals surface area contributed by atoms with Crippen molar-refractivity contribution in [2.75, 3.05) is 6.61 Å². The summed E-state index contributed by atoms with van der Waals surface area (Å²) in [5.41, 5.74) is 6.37. The van der Waals surface area contributed by atoms with Crippen LogP contribution in [0.1, 0.15) is 50.5 Å². The van der Waals surface area contributed by atoms with E-state index >= 15 is 0 Å². The molecule has 0 unspecified atom stereocenters. The van der Waals surface area contributed by atoms with Crippen molar-refractivity contribution < 1.29 is 39.3 Å². The molecule has 0 aliphatic heterocycles. The van der Waals surface area contributed by atoms with Crippen LogP contribution in [-0.4, -0.2) is 75.8 Å². The molecule has 12 nitrogen and oxygen atoms in total. The Morgan fingerprint density at radius 2 is 1.41 bits per heavy atom. The van der Waals surface area contributed by atoms with Crippen LogP contribution < -0.4 is 21.7 Å². The number of hydrogen-bond donors (Lipinski definition) is 7. The number of amides is 3. The van der Waals surface area contributed by atoms with Crippen molar-refractivity contribution in [3.63, 3.8) is 0 Å². The van der Waals surface area contributed by atoms with Crippen LogP contribution in [0.5, 0.6) is 0 Å². The Morgan fingerprint density at radius 1 is 0.838 bits per heavy atom. The van der Waals surface area contributed by atoms with Crippen molar-refractivity contribution in [1.82, 2.24) is 16.0 Å². The van der Waals surface area contributed by atoms with Crippen molar-refractivity contribution in [3.8, 4) is 0 Å². The topological polar surface area (TPSA) is 208 Å². The molecule has 12 heteroatoms. The average molecular weight is 521 g/mol. The van der Waals surface area contributed by atoms with E-state index in [0.29, 0.717) is 5.56 Å². The molecule has 0 spiro atoms. The lowest BCUT2D eigenvalue weighted by atomic mass is 9.84. The molecule has 204 valence electrons. The zero-order valence-corrected chi connectivity index (χ0v) is 20.6. The van der Waals surface area contributed by atoms with Gasteiger partial charge in [-0.2, -0.15) is 0 Å². The lowest BCUT2D eigenvalue weighted by molar-refractivity contribution is -0.143. The number of nitrogens with one attached hydrogen (secondary N) is 3. The van der Waals surface area contributed by atoms with Gasteiger partial charge < -0.3 is 37.0 Å². The van der Waals surface area contributed by atoms with E-state index in [1.54, 1.807) is 30.3 Å². The number of carboxylic acids is 2. The predicted octanol–water partition coefficient (Wildman–Crippen LogP) is -0.467. The molecule has 0 heterocycles. The first kappa shape index (κ1) is 29.7. The van der Waals surface area contributed by atoms with Crippen LogP contribution in [0.15, 0.2) is 30.3 Å². The average Bonchev–Trinajstić information content (AvgIpc) is 2.86. The van der Waals surface area contributed by atoms with Crippen LogP contribution in [0.2, 0.25) is 0 Å². The minimum atomic E-state index is -1.56. The highest BCUT2D eigenvalue weighted by atomic mass is 16.4. The number of rotatable bonds is 14.